The zero-order chi connectivity index (χ0) is 13.2. The summed E-state index contributed by atoms with van der Waals surface area (Å²) >= 11 is 5.80. The Morgan fingerprint density at radius 2 is 2.05 bits per heavy atom. The third-order valence-electron chi connectivity index (χ3n) is 3.04. The summed E-state index contributed by atoms with van der Waals surface area (Å²) in [4.78, 5) is 19.9. The molecule has 0 spiro atoms. The number of carbonyl (C=O) groups is 1. The fourth-order valence-corrected chi connectivity index (χ4v) is 2.03. The molecular formula is C14H12ClN3O. The van der Waals surface area contributed by atoms with Crippen molar-refractivity contribution in [3.05, 3.63) is 41.8 Å². The number of hydrogen-bond donors (Lipinski definition) is 1. The van der Waals surface area contributed by atoms with Crippen LogP contribution in [0.25, 0.3) is 11.3 Å². The van der Waals surface area contributed by atoms with E-state index < -0.39 is 0 Å². The van der Waals surface area contributed by atoms with E-state index in [0.717, 1.165) is 24.1 Å². The molecule has 1 amide bonds. The summed E-state index contributed by atoms with van der Waals surface area (Å²) in [7, 11) is 0. The van der Waals surface area contributed by atoms with Gasteiger partial charge >= 0.3 is 0 Å². The van der Waals surface area contributed by atoms with Gasteiger partial charge in [-0.3, -0.25) is 4.79 Å². The molecule has 4 nitrogen and oxygen atoms in total. The molecule has 0 bridgehead atoms. The Kier molecular flexibility index (Phi) is 3.17. The minimum atomic E-state index is 0.0765. The Bertz CT molecular complexity index is 626. The van der Waals surface area contributed by atoms with Gasteiger partial charge in [-0.1, -0.05) is 18.2 Å². The molecule has 3 rings (SSSR count). The monoisotopic (exact) mass is 273 g/mol. The largest absolute Gasteiger partial charge is 0.325 e. The molecular weight excluding hydrogens is 262 g/mol. The number of nitrogens with one attached hydrogen (secondary N) is 1. The molecule has 1 aromatic carbocycles. The molecule has 1 saturated carbocycles. The Morgan fingerprint density at radius 3 is 2.79 bits per heavy atom. The highest BCUT2D eigenvalue weighted by atomic mass is 35.5. The molecule has 2 aromatic rings. The molecule has 1 aliphatic rings. The lowest BCUT2D eigenvalue weighted by Gasteiger charge is -2.10. The van der Waals surface area contributed by atoms with E-state index in [-0.39, 0.29) is 17.1 Å². The topological polar surface area (TPSA) is 54.9 Å². The van der Waals surface area contributed by atoms with Crippen LogP contribution in [-0.4, -0.2) is 15.9 Å². The third-order valence-corrected chi connectivity index (χ3v) is 3.22. The van der Waals surface area contributed by atoms with Crippen LogP contribution in [0.5, 0.6) is 0 Å². The van der Waals surface area contributed by atoms with E-state index in [1.807, 2.05) is 24.3 Å². The van der Waals surface area contributed by atoms with Gasteiger partial charge in [-0.2, -0.15) is 0 Å². The molecule has 1 heterocycles. The Morgan fingerprint density at radius 1 is 1.26 bits per heavy atom. The van der Waals surface area contributed by atoms with Crippen LogP contribution < -0.4 is 5.32 Å². The Hall–Kier alpha value is -1.94. The van der Waals surface area contributed by atoms with Crippen molar-refractivity contribution in [3.63, 3.8) is 0 Å². The highest BCUT2D eigenvalue weighted by Crippen LogP contribution is 2.32. The number of anilines is 1. The number of amides is 1. The van der Waals surface area contributed by atoms with Gasteiger partial charge in [0.15, 0.2) is 0 Å². The minimum absolute atomic E-state index is 0.0765. The van der Waals surface area contributed by atoms with E-state index in [4.69, 9.17) is 11.6 Å². The zero-order valence-corrected chi connectivity index (χ0v) is 10.9. The first-order valence-corrected chi connectivity index (χ1v) is 6.50. The number of hydrogen-bond acceptors (Lipinski definition) is 3. The molecule has 1 aromatic heterocycles. The second kappa shape index (κ2) is 4.97. The first-order valence-electron chi connectivity index (χ1n) is 6.13. The van der Waals surface area contributed by atoms with Crippen LogP contribution in [0.1, 0.15) is 12.8 Å². The second-order valence-electron chi connectivity index (χ2n) is 4.52. The predicted octanol–water partition coefficient (Wildman–Crippen LogP) is 3.15. The summed E-state index contributed by atoms with van der Waals surface area (Å²) in [6, 6.07) is 9.33. The van der Waals surface area contributed by atoms with Crippen LogP contribution >= 0.6 is 11.6 Å². The molecule has 1 N–H and O–H groups in total. The van der Waals surface area contributed by atoms with Gasteiger partial charge in [0, 0.05) is 17.7 Å². The number of carbonyl (C=O) groups excluding carboxylic acids is 1. The van der Waals surface area contributed by atoms with Crippen LogP contribution in [-0.2, 0) is 4.79 Å². The van der Waals surface area contributed by atoms with Gasteiger partial charge in [-0.05, 0) is 36.6 Å². The van der Waals surface area contributed by atoms with E-state index in [1.165, 1.54) is 0 Å². The van der Waals surface area contributed by atoms with Crippen molar-refractivity contribution in [2.45, 2.75) is 12.8 Å². The van der Waals surface area contributed by atoms with Crippen molar-refractivity contribution in [1.29, 1.82) is 0 Å². The molecule has 0 radical (unpaired) electrons. The minimum Gasteiger partial charge on any atom is -0.325 e. The summed E-state index contributed by atoms with van der Waals surface area (Å²) < 4.78 is 0. The molecule has 0 aliphatic heterocycles. The fraction of sp³-hybridized carbons (Fsp3) is 0.214. The smallest absolute Gasteiger partial charge is 0.227 e. The van der Waals surface area contributed by atoms with Crippen LogP contribution in [0.3, 0.4) is 0 Å². The summed E-state index contributed by atoms with van der Waals surface area (Å²) in [5, 5.41) is 3.14. The molecule has 0 atom stereocenters. The predicted molar refractivity (Wildman–Crippen MR) is 73.8 cm³/mol. The van der Waals surface area contributed by atoms with Gasteiger partial charge in [0.2, 0.25) is 11.2 Å². The standard InChI is InChI=1S/C14H12ClN3O/c15-14-16-8-7-12(18-14)10-3-1-2-4-11(10)17-13(19)9-5-6-9/h1-4,7-9H,5-6H2,(H,17,19). The number of para-hydroxylation sites is 1. The number of rotatable bonds is 3. The third kappa shape index (κ3) is 2.74. The number of halogens is 1. The molecule has 96 valence electrons. The van der Waals surface area contributed by atoms with Gasteiger partial charge < -0.3 is 5.32 Å². The van der Waals surface area contributed by atoms with E-state index >= 15 is 0 Å². The van der Waals surface area contributed by atoms with Crippen molar-refractivity contribution >= 4 is 23.2 Å². The van der Waals surface area contributed by atoms with Gasteiger partial charge in [-0.25, -0.2) is 9.97 Å². The number of nitrogens with zero attached hydrogens (tertiary/aromatic N) is 2. The van der Waals surface area contributed by atoms with E-state index in [2.05, 4.69) is 15.3 Å². The maximum absolute atomic E-state index is 11.9. The van der Waals surface area contributed by atoms with Crippen molar-refractivity contribution < 1.29 is 4.79 Å². The highest BCUT2D eigenvalue weighted by molar-refractivity contribution is 6.28. The van der Waals surface area contributed by atoms with Gasteiger partial charge in [0.1, 0.15) is 0 Å². The van der Waals surface area contributed by atoms with Crippen molar-refractivity contribution in [2.75, 3.05) is 5.32 Å². The van der Waals surface area contributed by atoms with Crippen LogP contribution in [0, 0.1) is 5.92 Å². The summed E-state index contributed by atoms with van der Waals surface area (Å²) in [6.45, 7) is 0. The van der Waals surface area contributed by atoms with E-state index in [9.17, 15) is 4.79 Å². The SMILES string of the molecule is O=C(Nc1ccccc1-c1ccnc(Cl)n1)C1CC1. The van der Waals surface area contributed by atoms with Crippen LogP contribution in [0.2, 0.25) is 5.28 Å². The average molecular weight is 274 g/mol. The first kappa shape index (κ1) is 12.1. The lowest BCUT2D eigenvalue weighted by Crippen LogP contribution is -2.14. The van der Waals surface area contributed by atoms with Crippen LogP contribution in [0.15, 0.2) is 36.5 Å². The summed E-state index contributed by atoms with van der Waals surface area (Å²) in [5.41, 5.74) is 2.31. The van der Waals surface area contributed by atoms with E-state index in [1.54, 1.807) is 12.3 Å². The molecule has 0 unspecified atom stereocenters. The fourth-order valence-electron chi connectivity index (χ4n) is 1.88. The number of benzene rings is 1. The maximum atomic E-state index is 11.9. The summed E-state index contributed by atoms with van der Waals surface area (Å²) in [5.74, 6) is 0.245. The van der Waals surface area contributed by atoms with Crippen molar-refractivity contribution in [3.8, 4) is 11.3 Å². The first-order chi connectivity index (χ1) is 9.24. The normalized spacial score (nSPS) is 14.2. The molecule has 19 heavy (non-hydrogen) atoms. The zero-order valence-electron chi connectivity index (χ0n) is 10.1. The maximum Gasteiger partial charge on any atom is 0.227 e. The van der Waals surface area contributed by atoms with Crippen molar-refractivity contribution in [2.24, 2.45) is 5.92 Å². The lowest BCUT2D eigenvalue weighted by atomic mass is 10.1. The van der Waals surface area contributed by atoms with Crippen molar-refractivity contribution in [1.82, 2.24) is 9.97 Å². The molecule has 1 fully saturated rings. The van der Waals surface area contributed by atoms with Crippen LogP contribution in [0.4, 0.5) is 5.69 Å². The molecule has 1 aliphatic carbocycles. The lowest BCUT2D eigenvalue weighted by molar-refractivity contribution is -0.117. The molecule has 5 heteroatoms. The highest BCUT2D eigenvalue weighted by Gasteiger charge is 2.29. The second-order valence-corrected chi connectivity index (χ2v) is 4.86. The Balaban J connectivity index is 1.94. The van der Waals surface area contributed by atoms with Gasteiger partial charge in [-0.15, -0.1) is 0 Å². The number of aromatic nitrogens is 2. The average Bonchev–Trinajstić information content (AvgIpc) is 3.23. The molecule has 0 saturated heterocycles. The van der Waals surface area contributed by atoms with Gasteiger partial charge in [0.05, 0.1) is 11.4 Å². The van der Waals surface area contributed by atoms with Gasteiger partial charge in [0.25, 0.3) is 0 Å². The quantitative estimate of drug-likeness (QED) is 0.874. The Labute approximate surface area is 115 Å². The van der Waals surface area contributed by atoms with E-state index in [0.29, 0.717) is 5.69 Å². The summed E-state index contributed by atoms with van der Waals surface area (Å²) in [6.07, 6.45) is 3.56.